The van der Waals surface area contributed by atoms with Gasteiger partial charge in [-0.15, -0.1) is 0 Å². The largest absolute Gasteiger partial charge is 0.497 e. The third-order valence-electron chi connectivity index (χ3n) is 5.43. The van der Waals surface area contributed by atoms with Crippen LogP contribution in [0.1, 0.15) is 11.3 Å². The molecule has 0 aliphatic carbocycles. The van der Waals surface area contributed by atoms with Crippen LogP contribution in [0.2, 0.25) is 0 Å². The van der Waals surface area contributed by atoms with Crippen LogP contribution in [0.3, 0.4) is 0 Å². The molecule has 164 valence electrons. The number of carbonyl (C=O) groups is 1. The van der Waals surface area contributed by atoms with Crippen molar-refractivity contribution < 1.29 is 18.4 Å². The molecule has 3 heterocycles. The summed E-state index contributed by atoms with van der Waals surface area (Å²) in [6.45, 7) is 0.283. The van der Waals surface area contributed by atoms with Crippen molar-refractivity contribution in [3.8, 4) is 17.1 Å². The van der Waals surface area contributed by atoms with Crippen molar-refractivity contribution in [1.82, 2.24) is 10.3 Å². The molecule has 0 aliphatic heterocycles. The molecule has 0 saturated heterocycles. The van der Waals surface area contributed by atoms with Crippen LogP contribution in [0, 0.1) is 0 Å². The first-order chi connectivity index (χ1) is 16.1. The van der Waals surface area contributed by atoms with Crippen LogP contribution in [0.5, 0.6) is 5.75 Å². The van der Waals surface area contributed by atoms with E-state index in [9.17, 15) is 9.59 Å². The number of methoxy groups -OCH3 is 1. The number of carbonyl (C=O) groups excluding carboxylic acids is 1. The Labute approximate surface area is 188 Å². The Bertz CT molecular complexity index is 1500. The highest BCUT2D eigenvalue weighted by Gasteiger charge is 2.24. The maximum absolute atomic E-state index is 12.9. The summed E-state index contributed by atoms with van der Waals surface area (Å²) in [4.78, 5) is 30.0. The van der Waals surface area contributed by atoms with Gasteiger partial charge in [0, 0.05) is 17.3 Å². The first-order valence-corrected chi connectivity index (χ1v) is 10.4. The van der Waals surface area contributed by atoms with Crippen LogP contribution in [0.25, 0.3) is 33.3 Å². The molecule has 7 heteroatoms. The van der Waals surface area contributed by atoms with E-state index in [1.165, 1.54) is 0 Å². The van der Waals surface area contributed by atoms with Gasteiger partial charge in [-0.2, -0.15) is 0 Å². The number of hydrogen-bond acceptors (Lipinski definition) is 6. The molecule has 5 aromatic rings. The summed E-state index contributed by atoms with van der Waals surface area (Å²) in [5.41, 5.74) is 2.23. The van der Waals surface area contributed by atoms with Crippen molar-refractivity contribution in [3.63, 3.8) is 0 Å². The molecule has 1 amide bonds. The van der Waals surface area contributed by atoms with Crippen LogP contribution in [0.15, 0.2) is 86.6 Å². The Morgan fingerprint density at radius 1 is 1.00 bits per heavy atom. The summed E-state index contributed by atoms with van der Waals surface area (Å²) in [6, 6.07) is 19.9. The smallest absolute Gasteiger partial charge is 0.347 e. The number of hydrogen-bond donors (Lipinski definition) is 1. The van der Waals surface area contributed by atoms with Crippen molar-refractivity contribution in [2.75, 3.05) is 7.11 Å². The zero-order valence-corrected chi connectivity index (χ0v) is 17.8. The summed E-state index contributed by atoms with van der Waals surface area (Å²) in [6.07, 6.45) is 1.62. The molecule has 0 atom stereocenters. The van der Waals surface area contributed by atoms with Gasteiger partial charge in [0.1, 0.15) is 22.5 Å². The van der Waals surface area contributed by atoms with Gasteiger partial charge in [-0.05, 0) is 48.5 Å². The Kier molecular flexibility index (Phi) is 5.36. The van der Waals surface area contributed by atoms with Gasteiger partial charge < -0.3 is 18.9 Å². The average molecular weight is 440 g/mol. The highest BCUT2D eigenvalue weighted by Crippen LogP contribution is 2.36. The van der Waals surface area contributed by atoms with Gasteiger partial charge in [-0.3, -0.25) is 9.78 Å². The summed E-state index contributed by atoms with van der Waals surface area (Å²) < 4.78 is 17.0. The minimum absolute atomic E-state index is 0.0513. The third-order valence-corrected chi connectivity index (χ3v) is 5.43. The van der Waals surface area contributed by atoms with Crippen molar-refractivity contribution in [2.45, 2.75) is 13.0 Å². The van der Waals surface area contributed by atoms with E-state index in [0.29, 0.717) is 33.6 Å². The molecule has 1 N–H and O–H groups in total. The third kappa shape index (κ3) is 3.96. The molecular weight excluding hydrogens is 420 g/mol. The molecule has 0 aliphatic rings. The van der Waals surface area contributed by atoms with Gasteiger partial charge in [0.2, 0.25) is 5.91 Å². The van der Waals surface area contributed by atoms with Crippen LogP contribution < -0.4 is 15.7 Å². The lowest BCUT2D eigenvalue weighted by atomic mass is 10.0. The normalized spacial score (nSPS) is 11.1. The lowest BCUT2D eigenvalue weighted by molar-refractivity contribution is -0.120. The van der Waals surface area contributed by atoms with E-state index in [4.69, 9.17) is 13.6 Å². The molecule has 5 rings (SSSR count). The Hall–Kier alpha value is -4.39. The Morgan fingerprint density at radius 3 is 2.55 bits per heavy atom. The quantitative estimate of drug-likeness (QED) is 0.392. The van der Waals surface area contributed by atoms with Crippen molar-refractivity contribution in [2.24, 2.45) is 0 Å². The average Bonchev–Trinajstić information content (AvgIpc) is 3.23. The fourth-order valence-corrected chi connectivity index (χ4v) is 3.82. The number of fused-ring (bicyclic) bond motifs is 3. The predicted octanol–water partition coefficient (Wildman–Crippen LogP) is 4.47. The Morgan fingerprint density at radius 2 is 1.79 bits per heavy atom. The van der Waals surface area contributed by atoms with Gasteiger partial charge in [-0.25, -0.2) is 4.79 Å². The molecule has 0 saturated carbocycles. The molecule has 3 aromatic heterocycles. The number of ether oxygens (including phenoxy) is 1. The second-order valence-corrected chi connectivity index (χ2v) is 7.50. The van der Waals surface area contributed by atoms with E-state index in [0.717, 1.165) is 11.3 Å². The van der Waals surface area contributed by atoms with E-state index in [-0.39, 0.29) is 24.3 Å². The van der Waals surface area contributed by atoms with Gasteiger partial charge in [0.25, 0.3) is 0 Å². The molecule has 2 aromatic carbocycles. The fraction of sp³-hybridized carbons (Fsp3) is 0.115. The number of benzene rings is 2. The molecule has 0 unspecified atom stereocenters. The second kappa shape index (κ2) is 8.63. The fourth-order valence-electron chi connectivity index (χ4n) is 3.82. The monoisotopic (exact) mass is 440 g/mol. The van der Waals surface area contributed by atoms with Crippen LogP contribution >= 0.6 is 0 Å². The van der Waals surface area contributed by atoms with Gasteiger partial charge >= 0.3 is 5.63 Å². The van der Waals surface area contributed by atoms with Gasteiger partial charge in [-0.1, -0.05) is 18.2 Å². The molecule has 7 nitrogen and oxygen atoms in total. The van der Waals surface area contributed by atoms with E-state index in [1.54, 1.807) is 37.6 Å². The van der Waals surface area contributed by atoms with E-state index in [2.05, 4.69) is 10.3 Å². The number of amides is 1. The maximum atomic E-state index is 12.9. The maximum Gasteiger partial charge on any atom is 0.347 e. The summed E-state index contributed by atoms with van der Waals surface area (Å²) in [7, 11) is 1.59. The predicted molar refractivity (Wildman–Crippen MR) is 124 cm³/mol. The standard InChI is InChI=1S/C26H20N2O5/c1-31-18-11-9-16(10-12-18)24-20(14-22(29)28-15-17-6-4-5-13-27-17)23-25(33-24)19-7-2-3-8-21(19)32-26(23)30/h2-13H,14-15H2,1H3,(H,28,29). The van der Waals surface area contributed by atoms with E-state index >= 15 is 0 Å². The summed E-state index contributed by atoms with van der Waals surface area (Å²) in [5, 5.41) is 3.80. The first-order valence-electron chi connectivity index (χ1n) is 10.4. The molecule has 0 bridgehead atoms. The van der Waals surface area contributed by atoms with Crippen molar-refractivity contribution >= 4 is 27.8 Å². The van der Waals surface area contributed by atoms with Crippen molar-refractivity contribution in [1.29, 1.82) is 0 Å². The number of nitrogens with zero attached hydrogens (tertiary/aromatic N) is 1. The summed E-state index contributed by atoms with van der Waals surface area (Å²) >= 11 is 0. The second-order valence-electron chi connectivity index (χ2n) is 7.50. The van der Waals surface area contributed by atoms with Crippen molar-refractivity contribution in [3.05, 3.63) is 94.6 Å². The number of furan rings is 1. The minimum atomic E-state index is -0.542. The van der Waals surface area contributed by atoms with E-state index < -0.39 is 5.63 Å². The van der Waals surface area contributed by atoms with Crippen LogP contribution in [-0.4, -0.2) is 18.0 Å². The zero-order valence-electron chi connectivity index (χ0n) is 17.8. The topological polar surface area (TPSA) is 94.6 Å². The lowest BCUT2D eigenvalue weighted by Crippen LogP contribution is -2.25. The van der Waals surface area contributed by atoms with E-state index in [1.807, 2.05) is 42.5 Å². The number of aromatic nitrogens is 1. The minimum Gasteiger partial charge on any atom is -0.497 e. The SMILES string of the molecule is COc1ccc(-c2oc3c(c2CC(=O)NCc2ccccn2)c(=O)oc2ccccc23)cc1. The van der Waals surface area contributed by atoms with Crippen LogP contribution in [-0.2, 0) is 17.8 Å². The number of pyridine rings is 1. The Balaban J connectivity index is 1.60. The first kappa shape index (κ1) is 20.5. The highest BCUT2D eigenvalue weighted by molar-refractivity contribution is 6.05. The molecule has 0 spiro atoms. The number of nitrogens with one attached hydrogen (secondary N) is 1. The molecule has 33 heavy (non-hydrogen) atoms. The highest BCUT2D eigenvalue weighted by atomic mass is 16.5. The van der Waals surface area contributed by atoms with Gasteiger partial charge in [0.05, 0.1) is 31.2 Å². The molecular formula is C26H20N2O5. The summed E-state index contributed by atoms with van der Waals surface area (Å²) in [5.74, 6) is 0.879. The molecule has 0 radical (unpaired) electrons. The lowest BCUT2D eigenvalue weighted by Gasteiger charge is -2.06. The molecule has 0 fully saturated rings. The zero-order chi connectivity index (χ0) is 22.8. The van der Waals surface area contributed by atoms with Gasteiger partial charge in [0.15, 0.2) is 5.58 Å². The number of para-hydroxylation sites is 1. The number of rotatable bonds is 6. The van der Waals surface area contributed by atoms with Crippen LogP contribution in [0.4, 0.5) is 0 Å².